The molecule has 0 spiro atoms. The lowest BCUT2D eigenvalue weighted by molar-refractivity contribution is 0.108. The quantitative estimate of drug-likeness (QED) is 0.259. The van der Waals surface area contributed by atoms with E-state index in [-0.39, 0.29) is 0 Å². The topological polar surface area (TPSA) is 52.8 Å². The van der Waals surface area contributed by atoms with Gasteiger partial charge in [0, 0.05) is 19.8 Å². The summed E-state index contributed by atoms with van der Waals surface area (Å²) < 4.78 is 27.2. The highest BCUT2D eigenvalue weighted by Crippen LogP contribution is 2.20. The summed E-state index contributed by atoms with van der Waals surface area (Å²) in [7, 11) is -0.410. The van der Waals surface area contributed by atoms with Crippen molar-refractivity contribution < 1.29 is 23.4 Å². The molecular weight excluding hydrogens is 288 g/mol. The predicted octanol–water partition coefficient (Wildman–Crippen LogP) is 1.29. The molecule has 5 nitrogen and oxygen atoms in total. The summed E-state index contributed by atoms with van der Waals surface area (Å²) in [5.74, 6) is 0. The second-order valence-electron chi connectivity index (χ2n) is 5.87. The monoisotopic (exact) mass is 318 g/mol. The third-order valence-corrected chi connectivity index (χ3v) is 5.70. The molecule has 0 saturated carbocycles. The van der Waals surface area contributed by atoms with Crippen molar-refractivity contribution in [3.8, 4) is 0 Å². The molecule has 0 aromatic heterocycles. The third-order valence-electron chi connectivity index (χ3n) is 3.77. The minimum atomic E-state index is -0.410. The first-order valence-electron chi connectivity index (χ1n) is 8.35. The second-order valence-corrected chi connectivity index (χ2v) is 7.77. The molecule has 2 heterocycles. The molecule has 6 heteroatoms. The molecule has 0 amide bonds. The first-order chi connectivity index (χ1) is 10.4. The van der Waals surface area contributed by atoms with E-state index in [2.05, 4.69) is 6.92 Å². The maximum absolute atomic E-state index is 5.72. The van der Waals surface area contributed by atoms with E-state index in [4.69, 9.17) is 23.4 Å². The largest absolute Gasteiger partial charge is 0.424 e. The van der Waals surface area contributed by atoms with Gasteiger partial charge in [-0.05, 0) is 38.1 Å². The maximum atomic E-state index is 5.72. The molecule has 21 heavy (non-hydrogen) atoms. The molecule has 2 fully saturated rings. The molecule has 2 aliphatic rings. The lowest BCUT2D eigenvalue weighted by Gasteiger charge is -2.16. The lowest BCUT2D eigenvalue weighted by Crippen LogP contribution is -2.12. The molecule has 2 unspecified atom stereocenters. The average molecular weight is 318 g/mol. The fourth-order valence-electron chi connectivity index (χ4n) is 2.30. The van der Waals surface area contributed by atoms with Crippen molar-refractivity contribution in [2.75, 3.05) is 46.2 Å². The van der Waals surface area contributed by atoms with Crippen LogP contribution >= 0.6 is 0 Å². The Hall–Kier alpha value is 0.0169. The Bertz CT molecular complexity index is 236. The van der Waals surface area contributed by atoms with E-state index in [1.165, 1.54) is 12.8 Å². The van der Waals surface area contributed by atoms with Gasteiger partial charge in [-0.1, -0.05) is 0 Å². The highest BCUT2D eigenvalue weighted by atomic mass is 28.2. The molecule has 124 valence electrons. The Morgan fingerprint density at radius 3 is 1.95 bits per heavy atom. The van der Waals surface area contributed by atoms with Crippen LogP contribution in [-0.2, 0) is 23.4 Å². The van der Waals surface area contributed by atoms with Crippen LogP contribution in [0, 0.1) is 0 Å². The van der Waals surface area contributed by atoms with Gasteiger partial charge in [0.2, 0.25) is 0 Å². The molecule has 0 aromatic carbocycles. The minimum absolute atomic E-state index is 0.381. The van der Waals surface area contributed by atoms with Gasteiger partial charge in [0.1, 0.15) is 12.2 Å². The van der Waals surface area contributed by atoms with Gasteiger partial charge in [0.25, 0.3) is 0 Å². The Morgan fingerprint density at radius 1 is 1.00 bits per heavy atom. The highest BCUT2D eigenvalue weighted by molar-refractivity contribution is 6.29. The number of hydrogen-bond acceptors (Lipinski definition) is 5. The van der Waals surface area contributed by atoms with Crippen LogP contribution in [0.2, 0.25) is 5.54 Å². The Balaban J connectivity index is 1.43. The SMILES string of the molecule is CCO[SiH2]C(CCCOCC1CO1)CCCOCC1CO1. The zero-order valence-corrected chi connectivity index (χ0v) is 14.7. The standard InChI is InChI=1S/C15H30O5Si/c1-2-20-21-15(5-3-7-16-9-13-11-18-13)6-4-8-17-10-14-12-19-14/h13-15H,2-12,21H2,1H3. The van der Waals surface area contributed by atoms with Crippen LogP contribution in [0.5, 0.6) is 0 Å². The van der Waals surface area contributed by atoms with Crippen LogP contribution in [0.4, 0.5) is 0 Å². The molecule has 2 atom stereocenters. The van der Waals surface area contributed by atoms with Crippen LogP contribution in [0.3, 0.4) is 0 Å². The van der Waals surface area contributed by atoms with E-state index in [9.17, 15) is 0 Å². The van der Waals surface area contributed by atoms with E-state index >= 15 is 0 Å². The maximum Gasteiger partial charge on any atom is 0.164 e. The zero-order valence-electron chi connectivity index (χ0n) is 13.3. The van der Waals surface area contributed by atoms with E-state index in [0.717, 1.165) is 64.6 Å². The molecule has 0 radical (unpaired) electrons. The third kappa shape index (κ3) is 9.60. The van der Waals surface area contributed by atoms with E-state index < -0.39 is 9.76 Å². The molecule has 2 saturated heterocycles. The fourth-order valence-corrected chi connectivity index (χ4v) is 3.78. The summed E-state index contributed by atoms with van der Waals surface area (Å²) in [4.78, 5) is 0. The number of epoxide rings is 2. The van der Waals surface area contributed by atoms with Crippen molar-refractivity contribution in [2.45, 2.75) is 50.4 Å². The number of rotatable bonds is 15. The van der Waals surface area contributed by atoms with E-state index in [0.29, 0.717) is 12.2 Å². The van der Waals surface area contributed by atoms with Gasteiger partial charge in [-0.2, -0.15) is 0 Å². The van der Waals surface area contributed by atoms with Crippen molar-refractivity contribution in [3.63, 3.8) is 0 Å². The molecule has 0 aliphatic carbocycles. The molecule has 0 N–H and O–H groups in total. The van der Waals surface area contributed by atoms with Gasteiger partial charge in [-0.15, -0.1) is 0 Å². The van der Waals surface area contributed by atoms with Gasteiger partial charge in [-0.3, -0.25) is 0 Å². The lowest BCUT2D eigenvalue weighted by atomic mass is 10.1. The van der Waals surface area contributed by atoms with Gasteiger partial charge in [0.05, 0.1) is 26.4 Å². The van der Waals surface area contributed by atoms with Crippen LogP contribution in [0.1, 0.15) is 32.6 Å². The first kappa shape index (κ1) is 17.4. The second kappa shape index (κ2) is 10.7. The Morgan fingerprint density at radius 2 is 1.52 bits per heavy atom. The van der Waals surface area contributed by atoms with Gasteiger partial charge in [-0.25, -0.2) is 0 Å². The zero-order chi connectivity index (χ0) is 14.8. The van der Waals surface area contributed by atoms with Gasteiger partial charge >= 0.3 is 0 Å². The van der Waals surface area contributed by atoms with Crippen LogP contribution in [-0.4, -0.2) is 68.2 Å². The van der Waals surface area contributed by atoms with E-state index in [1.807, 2.05) is 0 Å². The fraction of sp³-hybridized carbons (Fsp3) is 1.00. The summed E-state index contributed by atoms with van der Waals surface area (Å²) in [6.07, 6.45) is 5.48. The molecule has 2 aliphatic heterocycles. The van der Waals surface area contributed by atoms with Crippen LogP contribution in [0.25, 0.3) is 0 Å². The van der Waals surface area contributed by atoms with Crippen molar-refractivity contribution in [1.29, 1.82) is 0 Å². The Labute approximate surface area is 130 Å². The predicted molar refractivity (Wildman–Crippen MR) is 83.5 cm³/mol. The van der Waals surface area contributed by atoms with Crippen molar-refractivity contribution in [1.82, 2.24) is 0 Å². The summed E-state index contributed by atoms with van der Waals surface area (Å²) in [5.41, 5.74) is 0.756. The average Bonchev–Trinajstić information content (AvgIpc) is 3.37. The molecule has 0 bridgehead atoms. The first-order valence-corrected chi connectivity index (χ1v) is 9.74. The molecule has 2 rings (SSSR count). The molecular formula is C15H30O5Si. The summed E-state index contributed by atoms with van der Waals surface area (Å²) in [6, 6.07) is 0. The van der Waals surface area contributed by atoms with Crippen LogP contribution in [0.15, 0.2) is 0 Å². The number of hydrogen-bond donors (Lipinski definition) is 0. The normalized spacial score (nSPS) is 25.6. The summed E-state index contributed by atoms with van der Waals surface area (Å²) in [5, 5.41) is 0. The van der Waals surface area contributed by atoms with Crippen LogP contribution < -0.4 is 0 Å². The van der Waals surface area contributed by atoms with Crippen molar-refractivity contribution >= 4 is 9.76 Å². The summed E-state index contributed by atoms with van der Waals surface area (Å²) in [6.45, 7) is 7.95. The minimum Gasteiger partial charge on any atom is -0.424 e. The summed E-state index contributed by atoms with van der Waals surface area (Å²) >= 11 is 0. The number of ether oxygens (including phenoxy) is 4. The highest BCUT2D eigenvalue weighted by Gasteiger charge is 2.22. The van der Waals surface area contributed by atoms with Crippen molar-refractivity contribution in [2.24, 2.45) is 0 Å². The van der Waals surface area contributed by atoms with E-state index in [1.54, 1.807) is 0 Å². The smallest absolute Gasteiger partial charge is 0.164 e. The van der Waals surface area contributed by atoms with Crippen molar-refractivity contribution in [3.05, 3.63) is 0 Å². The van der Waals surface area contributed by atoms with Gasteiger partial charge < -0.3 is 23.4 Å². The van der Waals surface area contributed by atoms with Gasteiger partial charge in [0.15, 0.2) is 9.76 Å². The Kier molecular flexibility index (Phi) is 8.85. The molecule has 0 aromatic rings.